The van der Waals surface area contributed by atoms with Crippen LogP contribution in [0.25, 0.3) is 6.08 Å². The van der Waals surface area contributed by atoms with Gasteiger partial charge in [-0.25, -0.2) is 0 Å². The zero-order valence-corrected chi connectivity index (χ0v) is 12.2. The lowest BCUT2D eigenvalue weighted by atomic mass is 10.0. The largest absolute Gasteiger partial charge is 0.336 e. The minimum absolute atomic E-state index is 0.141. The second kappa shape index (κ2) is 7.85. The van der Waals surface area contributed by atoms with E-state index in [0.717, 1.165) is 44.5 Å². The van der Waals surface area contributed by atoms with E-state index >= 15 is 0 Å². The molecule has 3 nitrogen and oxygen atoms in total. The Balaban J connectivity index is 2.01. The molecule has 0 unspecified atom stereocenters. The lowest BCUT2D eigenvalue weighted by Gasteiger charge is -2.34. The van der Waals surface area contributed by atoms with E-state index in [1.54, 1.807) is 6.08 Å². The van der Waals surface area contributed by atoms with Gasteiger partial charge in [0, 0.05) is 18.7 Å². The summed E-state index contributed by atoms with van der Waals surface area (Å²) in [5.41, 5.74) is 1.07. The van der Waals surface area contributed by atoms with Gasteiger partial charge in [-0.2, -0.15) is 0 Å². The zero-order valence-electron chi connectivity index (χ0n) is 12.2. The van der Waals surface area contributed by atoms with Crippen LogP contribution < -0.4 is 5.32 Å². The second-order valence-corrected chi connectivity index (χ2v) is 5.26. The van der Waals surface area contributed by atoms with E-state index in [2.05, 4.69) is 12.2 Å². The number of carbonyl (C=O) groups is 1. The average Bonchev–Trinajstić information content (AvgIpc) is 2.52. The van der Waals surface area contributed by atoms with Gasteiger partial charge in [0.1, 0.15) is 0 Å². The van der Waals surface area contributed by atoms with E-state index in [1.165, 1.54) is 0 Å². The topological polar surface area (TPSA) is 32.3 Å². The third-order valence-corrected chi connectivity index (χ3v) is 3.71. The van der Waals surface area contributed by atoms with Gasteiger partial charge < -0.3 is 10.2 Å². The van der Waals surface area contributed by atoms with Gasteiger partial charge in [-0.15, -0.1) is 0 Å². The highest BCUT2D eigenvalue weighted by molar-refractivity contribution is 5.92. The average molecular weight is 272 g/mol. The van der Waals surface area contributed by atoms with Crippen molar-refractivity contribution in [3.05, 3.63) is 42.0 Å². The Morgan fingerprint density at radius 1 is 1.30 bits per heavy atom. The smallest absolute Gasteiger partial charge is 0.246 e. The Bertz CT molecular complexity index is 436. The Morgan fingerprint density at radius 3 is 2.65 bits per heavy atom. The SMILES string of the molecule is CCCN(C(=O)/C=C/c1ccccc1)C1CCNCC1. The van der Waals surface area contributed by atoms with Crippen LogP contribution in [0.2, 0.25) is 0 Å². The Morgan fingerprint density at radius 2 is 2.00 bits per heavy atom. The molecular formula is C17H24N2O. The molecule has 20 heavy (non-hydrogen) atoms. The van der Waals surface area contributed by atoms with Crippen molar-refractivity contribution in [3.63, 3.8) is 0 Å². The molecule has 0 atom stereocenters. The van der Waals surface area contributed by atoms with E-state index in [4.69, 9.17) is 0 Å². The van der Waals surface area contributed by atoms with Crippen LogP contribution in [0.5, 0.6) is 0 Å². The van der Waals surface area contributed by atoms with E-state index in [0.29, 0.717) is 6.04 Å². The maximum Gasteiger partial charge on any atom is 0.246 e. The van der Waals surface area contributed by atoms with Crippen LogP contribution in [-0.2, 0) is 4.79 Å². The maximum atomic E-state index is 12.4. The predicted molar refractivity (Wildman–Crippen MR) is 83.4 cm³/mol. The number of hydrogen-bond donors (Lipinski definition) is 1. The molecule has 108 valence electrons. The lowest BCUT2D eigenvalue weighted by Crippen LogP contribution is -2.45. The molecule has 1 saturated heterocycles. The van der Waals surface area contributed by atoms with Crippen molar-refractivity contribution in [2.24, 2.45) is 0 Å². The summed E-state index contributed by atoms with van der Waals surface area (Å²) in [6.07, 6.45) is 6.75. The van der Waals surface area contributed by atoms with Crippen molar-refractivity contribution in [2.45, 2.75) is 32.2 Å². The number of amides is 1. The van der Waals surface area contributed by atoms with Gasteiger partial charge >= 0.3 is 0 Å². The van der Waals surface area contributed by atoms with Crippen LogP contribution in [0.1, 0.15) is 31.7 Å². The molecule has 3 heteroatoms. The van der Waals surface area contributed by atoms with E-state index in [-0.39, 0.29) is 5.91 Å². The first-order valence-electron chi connectivity index (χ1n) is 7.55. The van der Waals surface area contributed by atoms with Gasteiger partial charge in [-0.05, 0) is 44.0 Å². The van der Waals surface area contributed by atoms with E-state index in [1.807, 2.05) is 41.3 Å². The predicted octanol–water partition coefficient (Wildman–Crippen LogP) is 2.69. The molecule has 0 bridgehead atoms. The fourth-order valence-corrected chi connectivity index (χ4v) is 2.66. The number of benzene rings is 1. The molecule has 1 aromatic rings. The normalized spacial score (nSPS) is 16.4. The molecule has 0 spiro atoms. The molecule has 1 aliphatic rings. The summed E-state index contributed by atoms with van der Waals surface area (Å²) in [6.45, 7) is 5.01. The summed E-state index contributed by atoms with van der Waals surface area (Å²) >= 11 is 0. The van der Waals surface area contributed by atoms with Crippen molar-refractivity contribution in [3.8, 4) is 0 Å². The van der Waals surface area contributed by atoms with Crippen LogP contribution in [-0.4, -0.2) is 36.5 Å². The number of rotatable bonds is 5. The third-order valence-electron chi connectivity index (χ3n) is 3.71. The summed E-state index contributed by atoms with van der Waals surface area (Å²) in [5, 5.41) is 3.35. The number of piperidine rings is 1. The molecule has 1 amide bonds. The highest BCUT2D eigenvalue weighted by atomic mass is 16.2. The van der Waals surface area contributed by atoms with Gasteiger partial charge in [0.2, 0.25) is 5.91 Å². The van der Waals surface area contributed by atoms with Crippen molar-refractivity contribution in [2.75, 3.05) is 19.6 Å². The molecule has 0 saturated carbocycles. The van der Waals surface area contributed by atoms with Crippen molar-refractivity contribution >= 4 is 12.0 Å². The molecule has 1 aromatic carbocycles. The number of nitrogens with zero attached hydrogens (tertiary/aromatic N) is 1. The summed E-state index contributed by atoms with van der Waals surface area (Å²) in [4.78, 5) is 14.5. The van der Waals surface area contributed by atoms with Crippen LogP contribution in [0, 0.1) is 0 Å². The highest BCUT2D eigenvalue weighted by Gasteiger charge is 2.22. The molecule has 0 radical (unpaired) electrons. The maximum absolute atomic E-state index is 12.4. The van der Waals surface area contributed by atoms with Crippen LogP contribution in [0.15, 0.2) is 36.4 Å². The molecule has 2 rings (SSSR count). The molecule has 1 heterocycles. The van der Waals surface area contributed by atoms with Crippen LogP contribution in [0.4, 0.5) is 0 Å². The van der Waals surface area contributed by atoms with Crippen molar-refractivity contribution in [1.29, 1.82) is 0 Å². The van der Waals surface area contributed by atoms with Gasteiger partial charge in [0.15, 0.2) is 0 Å². The Kier molecular flexibility index (Phi) is 5.81. The summed E-state index contributed by atoms with van der Waals surface area (Å²) in [5.74, 6) is 0.141. The number of nitrogens with one attached hydrogen (secondary N) is 1. The van der Waals surface area contributed by atoms with Crippen molar-refractivity contribution < 1.29 is 4.79 Å². The molecule has 1 fully saturated rings. The molecular weight excluding hydrogens is 248 g/mol. The van der Waals surface area contributed by atoms with E-state index in [9.17, 15) is 4.79 Å². The van der Waals surface area contributed by atoms with Crippen LogP contribution in [0.3, 0.4) is 0 Å². The molecule has 0 aromatic heterocycles. The van der Waals surface area contributed by atoms with Gasteiger partial charge in [0.25, 0.3) is 0 Å². The first kappa shape index (κ1) is 14.8. The van der Waals surface area contributed by atoms with Gasteiger partial charge in [-0.3, -0.25) is 4.79 Å². The highest BCUT2D eigenvalue weighted by Crippen LogP contribution is 2.13. The summed E-state index contributed by atoms with van der Waals surface area (Å²) in [6, 6.07) is 10.4. The fourth-order valence-electron chi connectivity index (χ4n) is 2.66. The standard InChI is InChI=1S/C17H24N2O/c1-2-14-19(16-10-12-18-13-11-16)17(20)9-8-15-6-4-3-5-7-15/h3-9,16,18H,2,10-14H2,1H3/b9-8+. The zero-order chi connectivity index (χ0) is 14.2. The number of hydrogen-bond acceptors (Lipinski definition) is 2. The monoisotopic (exact) mass is 272 g/mol. The Hall–Kier alpha value is -1.61. The number of carbonyl (C=O) groups excluding carboxylic acids is 1. The third kappa shape index (κ3) is 4.20. The summed E-state index contributed by atoms with van der Waals surface area (Å²) < 4.78 is 0. The minimum Gasteiger partial charge on any atom is -0.336 e. The fraction of sp³-hybridized carbons (Fsp3) is 0.471. The van der Waals surface area contributed by atoms with Gasteiger partial charge in [0.05, 0.1) is 0 Å². The first-order valence-corrected chi connectivity index (χ1v) is 7.55. The van der Waals surface area contributed by atoms with Gasteiger partial charge in [-0.1, -0.05) is 37.3 Å². The summed E-state index contributed by atoms with van der Waals surface area (Å²) in [7, 11) is 0. The first-order chi connectivity index (χ1) is 9.81. The lowest BCUT2D eigenvalue weighted by molar-refractivity contribution is -0.128. The van der Waals surface area contributed by atoms with Crippen molar-refractivity contribution in [1.82, 2.24) is 10.2 Å². The molecule has 1 aliphatic heterocycles. The minimum atomic E-state index is 0.141. The Labute approximate surface area is 121 Å². The van der Waals surface area contributed by atoms with E-state index < -0.39 is 0 Å². The molecule has 1 N–H and O–H groups in total. The molecule has 0 aliphatic carbocycles. The quantitative estimate of drug-likeness (QED) is 0.836. The second-order valence-electron chi connectivity index (χ2n) is 5.26. The van der Waals surface area contributed by atoms with Crippen LogP contribution >= 0.6 is 0 Å².